The third kappa shape index (κ3) is 6.49. The van der Waals surface area contributed by atoms with Crippen LogP contribution >= 0.6 is 0 Å². The molecule has 7 heteroatoms. The van der Waals surface area contributed by atoms with Crippen LogP contribution < -0.4 is 9.80 Å². The van der Waals surface area contributed by atoms with Gasteiger partial charge in [-0.3, -0.25) is 0 Å². The van der Waals surface area contributed by atoms with E-state index in [4.69, 9.17) is 4.74 Å². The van der Waals surface area contributed by atoms with Gasteiger partial charge in [0, 0.05) is 5.69 Å². The molecule has 1 aliphatic heterocycles. The summed E-state index contributed by atoms with van der Waals surface area (Å²) in [6, 6.07) is 5.46. The van der Waals surface area contributed by atoms with Crippen molar-refractivity contribution in [1.29, 1.82) is 0 Å². The molecule has 1 heterocycles. The van der Waals surface area contributed by atoms with Crippen LogP contribution in [-0.4, -0.2) is 56.1 Å². The zero-order chi connectivity index (χ0) is 18.7. The predicted molar refractivity (Wildman–Crippen MR) is 90.9 cm³/mol. The normalized spacial score (nSPS) is 18.4. The lowest BCUT2D eigenvalue weighted by molar-refractivity contribution is -0.903. The standard InChI is InChI=1S/C18H27F3N2O2/c1-17(2,3)25-13-16(24)12-22-7-9-23(10-8-22)15-6-4-5-14(11-15)18(19,20)21/h4-6,11,16,24H,7-10,12-13H2,1-3H3/p+1/t16-/m1/s1. The number of alkyl halides is 3. The number of piperazine rings is 1. The molecule has 4 nitrogen and oxygen atoms in total. The maximum Gasteiger partial charge on any atom is 0.416 e. The van der Waals surface area contributed by atoms with Crippen LogP contribution in [0.5, 0.6) is 0 Å². The number of aliphatic hydroxyl groups excluding tert-OH is 1. The van der Waals surface area contributed by atoms with Gasteiger partial charge in [-0.2, -0.15) is 13.2 Å². The van der Waals surface area contributed by atoms with Gasteiger partial charge in [-0.1, -0.05) is 6.07 Å². The summed E-state index contributed by atoms with van der Waals surface area (Å²) < 4.78 is 44.1. The van der Waals surface area contributed by atoms with E-state index in [0.717, 1.165) is 19.2 Å². The van der Waals surface area contributed by atoms with Crippen molar-refractivity contribution in [3.63, 3.8) is 0 Å². The van der Waals surface area contributed by atoms with E-state index in [1.54, 1.807) is 6.07 Å². The van der Waals surface area contributed by atoms with Crippen LogP contribution in [0.1, 0.15) is 26.3 Å². The molecule has 2 rings (SSSR count). The number of ether oxygens (including phenoxy) is 1. The average molecular weight is 361 g/mol. The molecule has 1 aromatic carbocycles. The van der Waals surface area contributed by atoms with Crippen LogP contribution in [0, 0.1) is 0 Å². The highest BCUT2D eigenvalue weighted by molar-refractivity contribution is 5.49. The second kappa shape index (κ2) is 7.93. The molecule has 0 amide bonds. The summed E-state index contributed by atoms with van der Waals surface area (Å²) in [5.74, 6) is 0. The number of hydrogen-bond acceptors (Lipinski definition) is 3. The molecule has 0 aromatic heterocycles. The zero-order valence-electron chi connectivity index (χ0n) is 15.1. The van der Waals surface area contributed by atoms with E-state index in [1.165, 1.54) is 17.0 Å². The highest BCUT2D eigenvalue weighted by Gasteiger charge is 2.31. The minimum absolute atomic E-state index is 0.279. The van der Waals surface area contributed by atoms with E-state index in [-0.39, 0.29) is 5.60 Å². The van der Waals surface area contributed by atoms with Crippen LogP contribution in [-0.2, 0) is 10.9 Å². The first-order chi connectivity index (χ1) is 11.5. The van der Waals surface area contributed by atoms with Gasteiger partial charge in [0.05, 0.1) is 44.0 Å². The maximum atomic E-state index is 12.8. The summed E-state index contributed by atoms with van der Waals surface area (Å²) in [5, 5.41) is 10.1. The van der Waals surface area contributed by atoms with E-state index >= 15 is 0 Å². The fraction of sp³-hybridized carbons (Fsp3) is 0.667. The van der Waals surface area contributed by atoms with Gasteiger partial charge in [-0.05, 0) is 39.0 Å². The van der Waals surface area contributed by atoms with Gasteiger partial charge in [0.25, 0.3) is 0 Å². The molecule has 1 saturated heterocycles. The maximum absolute atomic E-state index is 12.8. The third-order valence-corrected chi connectivity index (χ3v) is 4.24. The molecule has 1 atom stereocenters. The fourth-order valence-electron chi connectivity index (χ4n) is 2.90. The van der Waals surface area contributed by atoms with E-state index < -0.39 is 17.8 Å². The third-order valence-electron chi connectivity index (χ3n) is 4.24. The molecule has 1 aliphatic rings. The van der Waals surface area contributed by atoms with Crippen molar-refractivity contribution in [3.8, 4) is 0 Å². The van der Waals surface area contributed by atoms with Crippen molar-refractivity contribution in [2.45, 2.75) is 38.7 Å². The Morgan fingerprint density at radius 2 is 1.84 bits per heavy atom. The Morgan fingerprint density at radius 1 is 1.20 bits per heavy atom. The summed E-state index contributed by atoms with van der Waals surface area (Å²) in [6.07, 6.45) is -4.85. The number of hydrogen-bond donors (Lipinski definition) is 2. The van der Waals surface area contributed by atoms with Gasteiger partial charge in [0.15, 0.2) is 0 Å². The SMILES string of the molecule is CC(C)(C)OC[C@H](O)C[NH+]1CCN(c2cccc(C(F)(F)F)c2)CC1. The summed E-state index contributed by atoms with van der Waals surface area (Å²) in [7, 11) is 0. The van der Waals surface area contributed by atoms with Gasteiger partial charge in [-0.25, -0.2) is 0 Å². The van der Waals surface area contributed by atoms with Crippen molar-refractivity contribution < 1.29 is 27.9 Å². The first-order valence-electron chi connectivity index (χ1n) is 8.62. The molecular formula is C18H28F3N2O2+. The van der Waals surface area contributed by atoms with E-state index in [2.05, 4.69) is 0 Å². The van der Waals surface area contributed by atoms with Gasteiger partial charge < -0.3 is 19.6 Å². The minimum atomic E-state index is -4.32. The second-order valence-corrected chi connectivity index (χ2v) is 7.57. The van der Waals surface area contributed by atoms with Gasteiger partial charge in [0.1, 0.15) is 12.6 Å². The zero-order valence-corrected chi connectivity index (χ0v) is 15.1. The molecule has 25 heavy (non-hydrogen) atoms. The first-order valence-corrected chi connectivity index (χ1v) is 8.62. The van der Waals surface area contributed by atoms with Gasteiger partial charge in [-0.15, -0.1) is 0 Å². The molecule has 0 spiro atoms. The summed E-state index contributed by atoms with van der Waals surface area (Å²) in [5.41, 5.74) is -0.293. The quantitative estimate of drug-likeness (QED) is 0.836. The lowest BCUT2D eigenvalue weighted by Crippen LogP contribution is -3.16. The smallest absolute Gasteiger partial charge is 0.385 e. The van der Waals surface area contributed by atoms with Gasteiger partial charge in [0.2, 0.25) is 0 Å². The van der Waals surface area contributed by atoms with Crippen LogP contribution in [0.3, 0.4) is 0 Å². The first kappa shape index (κ1) is 20.0. The van der Waals surface area contributed by atoms with Crippen LogP contribution in [0.2, 0.25) is 0 Å². The van der Waals surface area contributed by atoms with Crippen molar-refractivity contribution in [1.82, 2.24) is 0 Å². The number of benzene rings is 1. The molecule has 1 aromatic rings. The molecule has 0 bridgehead atoms. The molecule has 0 aliphatic carbocycles. The van der Waals surface area contributed by atoms with Crippen molar-refractivity contribution in [2.24, 2.45) is 0 Å². The lowest BCUT2D eigenvalue weighted by Gasteiger charge is -2.35. The number of halogens is 3. The fourth-order valence-corrected chi connectivity index (χ4v) is 2.90. The molecule has 0 saturated carbocycles. The predicted octanol–water partition coefficient (Wildman–Crippen LogP) is 1.59. The molecular weight excluding hydrogens is 333 g/mol. The molecule has 2 N–H and O–H groups in total. The summed E-state index contributed by atoms with van der Waals surface area (Å²) >= 11 is 0. The van der Waals surface area contributed by atoms with E-state index in [1.807, 2.05) is 25.7 Å². The Morgan fingerprint density at radius 3 is 2.40 bits per heavy atom. The van der Waals surface area contributed by atoms with Crippen LogP contribution in [0.15, 0.2) is 24.3 Å². The Balaban J connectivity index is 1.84. The Kier molecular flexibility index (Phi) is 6.35. The second-order valence-electron chi connectivity index (χ2n) is 7.57. The van der Waals surface area contributed by atoms with Crippen LogP contribution in [0.25, 0.3) is 0 Å². The molecule has 142 valence electrons. The number of rotatable bonds is 5. The van der Waals surface area contributed by atoms with E-state index in [0.29, 0.717) is 31.9 Å². The molecule has 0 radical (unpaired) electrons. The van der Waals surface area contributed by atoms with Crippen molar-refractivity contribution >= 4 is 5.69 Å². The van der Waals surface area contributed by atoms with Crippen molar-refractivity contribution in [2.75, 3.05) is 44.2 Å². The average Bonchev–Trinajstić information content (AvgIpc) is 2.52. The minimum Gasteiger partial charge on any atom is -0.385 e. The highest BCUT2D eigenvalue weighted by atomic mass is 19.4. The lowest BCUT2D eigenvalue weighted by atomic mass is 10.1. The monoisotopic (exact) mass is 361 g/mol. The van der Waals surface area contributed by atoms with Crippen molar-refractivity contribution in [3.05, 3.63) is 29.8 Å². The Bertz CT molecular complexity index is 550. The Hall–Kier alpha value is -1.31. The number of quaternary nitrogens is 1. The van der Waals surface area contributed by atoms with Crippen LogP contribution in [0.4, 0.5) is 18.9 Å². The topological polar surface area (TPSA) is 37.1 Å². The summed E-state index contributed by atoms with van der Waals surface area (Å²) in [6.45, 7) is 9.62. The highest BCUT2D eigenvalue weighted by Crippen LogP contribution is 2.31. The van der Waals surface area contributed by atoms with Gasteiger partial charge >= 0.3 is 6.18 Å². The Labute approximate surface area is 147 Å². The number of anilines is 1. The largest absolute Gasteiger partial charge is 0.416 e. The number of nitrogens with one attached hydrogen (secondary N) is 1. The van der Waals surface area contributed by atoms with E-state index in [9.17, 15) is 18.3 Å². The summed E-state index contributed by atoms with van der Waals surface area (Å²) in [4.78, 5) is 3.21. The molecule has 1 fully saturated rings. The molecule has 0 unspecified atom stereocenters. The number of aliphatic hydroxyl groups is 1. The number of nitrogens with zero attached hydrogens (tertiary/aromatic N) is 1.